The lowest BCUT2D eigenvalue weighted by atomic mass is 9.91. The summed E-state index contributed by atoms with van der Waals surface area (Å²) in [7, 11) is 3.35. The fourth-order valence-electron chi connectivity index (χ4n) is 3.51. The van der Waals surface area contributed by atoms with Crippen LogP contribution in [0.3, 0.4) is 0 Å². The minimum Gasteiger partial charge on any atom is -0.497 e. The predicted molar refractivity (Wildman–Crippen MR) is 122 cm³/mol. The molecule has 0 aliphatic rings. The number of hydrogen-bond donors (Lipinski definition) is 3. The summed E-state index contributed by atoms with van der Waals surface area (Å²) in [6, 6.07) is 11.0. The van der Waals surface area contributed by atoms with Gasteiger partial charge < -0.3 is 25.1 Å². The number of aromatic nitrogens is 1. The van der Waals surface area contributed by atoms with Gasteiger partial charge in [-0.3, -0.25) is 4.79 Å². The first-order valence-corrected chi connectivity index (χ1v) is 9.90. The van der Waals surface area contributed by atoms with E-state index < -0.39 is 5.54 Å². The standard InChI is InChI=1S/C24H25N5O3/c1-5-28-16(2)24(26-3,22-10-19-8-17(11-25)12-29-23(19)32-22)15-27-13-18-6-7-21(31-4)9-20(18)14-30/h5-10,12,14,26-28H,1-2,13,15H2,3-4H3/t24-/m1/s1. The van der Waals surface area contributed by atoms with E-state index in [-0.39, 0.29) is 0 Å². The number of aldehydes is 1. The van der Waals surface area contributed by atoms with E-state index in [1.807, 2.05) is 18.2 Å². The van der Waals surface area contributed by atoms with E-state index in [1.165, 1.54) is 12.4 Å². The van der Waals surface area contributed by atoms with Crippen LogP contribution in [0.1, 0.15) is 27.2 Å². The van der Waals surface area contributed by atoms with Gasteiger partial charge in [-0.25, -0.2) is 4.98 Å². The number of rotatable bonds is 11. The van der Waals surface area contributed by atoms with Gasteiger partial charge in [-0.2, -0.15) is 5.26 Å². The highest BCUT2D eigenvalue weighted by Gasteiger charge is 2.37. The van der Waals surface area contributed by atoms with E-state index in [1.54, 1.807) is 26.3 Å². The third-order valence-electron chi connectivity index (χ3n) is 5.33. The van der Waals surface area contributed by atoms with Gasteiger partial charge in [0, 0.05) is 35.9 Å². The Morgan fingerprint density at radius 1 is 1.38 bits per heavy atom. The molecular weight excluding hydrogens is 406 g/mol. The second-order valence-corrected chi connectivity index (χ2v) is 7.11. The smallest absolute Gasteiger partial charge is 0.226 e. The highest BCUT2D eigenvalue weighted by molar-refractivity contribution is 5.78. The number of likely N-dealkylation sites (N-methyl/N-ethyl adjacent to an activating group) is 1. The second-order valence-electron chi connectivity index (χ2n) is 7.11. The van der Waals surface area contributed by atoms with Crippen LogP contribution in [0.2, 0.25) is 0 Å². The molecule has 32 heavy (non-hydrogen) atoms. The number of hydrogen-bond acceptors (Lipinski definition) is 8. The number of pyridine rings is 1. The van der Waals surface area contributed by atoms with Crippen molar-refractivity contribution in [3.05, 3.63) is 84.0 Å². The molecule has 0 unspecified atom stereocenters. The first-order chi connectivity index (χ1) is 15.5. The summed E-state index contributed by atoms with van der Waals surface area (Å²) in [6.45, 7) is 8.69. The molecule has 0 aliphatic heterocycles. The van der Waals surface area contributed by atoms with E-state index in [0.717, 1.165) is 11.8 Å². The summed E-state index contributed by atoms with van der Waals surface area (Å²) >= 11 is 0. The molecule has 2 heterocycles. The number of nitrogens with zero attached hydrogens (tertiary/aromatic N) is 2. The Labute approximate surface area is 186 Å². The van der Waals surface area contributed by atoms with Gasteiger partial charge in [-0.1, -0.05) is 19.2 Å². The van der Waals surface area contributed by atoms with Crippen molar-refractivity contribution in [2.75, 3.05) is 20.7 Å². The lowest BCUT2D eigenvalue weighted by Gasteiger charge is -2.34. The number of nitriles is 1. The SMILES string of the molecule is C=CNC(=C)[C@@](CNCc1ccc(OC)cc1C=O)(NC)c1cc2cc(C#N)cnc2o1. The maximum atomic E-state index is 11.5. The highest BCUT2D eigenvalue weighted by atomic mass is 16.5. The number of methoxy groups -OCH3 is 1. The van der Waals surface area contributed by atoms with Crippen molar-refractivity contribution in [2.24, 2.45) is 0 Å². The van der Waals surface area contributed by atoms with Gasteiger partial charge in [-0.05, 0) is 43.1 Å². The van der Waals surface area contributed by atoms with Gasteiger partial charge in [0.25, 0.3) is 0 Å². The summed E-state index contributed by atoms with van der Waals surface area (Å²) in [5.74, 6) is 1.19. The largest absolute Gasteiger partial charge is 0.497 e. The number of furan rings is 1. The maximum Gasteiger partial charge on any atom is 0.226 e. The lowest BCUT2D eigenvalue weighted by Crippen LogP contribution is -2.51. The normalized spacial score (nSPS) is 12.5. The Bertz CT molecular complexity index is 1190. The maximum absolute atomic E-state index is 11.5. The molecule has 0 fully saturated rings. The highest BCUT2D eigenvalue weighted by Crippen LogP contribution is 2.31. The molecule has 3 rings (SSSR count). The Hall–Kier alpha value is -3.93. The zero-order valence-corrected chi connectivity index (χ0v) is 18.1. The van der Waals surface area contributed by atoms with Crippen LogP contribution in [0.25, 0.3) is 11.1 Å². The van der Waals surface area contributed by atoms with E-state index in [9.17, 15) is 4.79 Å². The average Bonchev–Trinajstić information content (AvgIpc) is 3.25. The summed E-state index contributed by atoms with van der Waals surface area (Å²) < 4.78 is 11.2. The van der Waals surface area contributed by atoms with Gasteiger partial charge in [0.05, 0.1) is 12.7 Å². The van der Waals surface area contributed by atoms with Crippen molar-refractivity contribution < 1.29 is 13.9 Å². The molecule has 0 radical (unpaired) electrons. The summed E-state index contributed by atoms with van der Waals surface area (Å²) in [5.41, 5.74) is 1.98. The number of carbonyl (C=O) groups is 1. The molecule has 1 atom stereocenters. The first kappa shape index (κ1) is 22.7. The molecule has 3 N–H and O–H groups in total. The quantitative estimate of drug-likeness (QED) is 0.397. The zero-order valence-electron chi connectivity index (χ0n) is 18.1. The van der Waals surface area contributed by atoms with Crippen molar-refractivity contribution in [1.82, 2.24) is 20.9 Å². The third-order valence-corrected chi connectivity index (χ3v) is 5.33. The second kappa shape index (κ2) is 9.92. The Morgan fingerprint density at radius 3 is 2.84 bits per heavy atom. The Morgan fingerprint density at radius 2 is 2.19 bits per heavy atom. The molecule has 8 heteroatoms. The van der Waals surface area contributed by atoms with Crippen LogP contribution in [0.4, 0.5) is 0 Å². The molecule has 0 bridgehead atoms. The topological polar surface area (TPSA) is 112 Å². The monoisotopic (exact) mass is 431 g/mol. The number of benzene rings is 1. The van der Waals surface area contributed by atoms with Crippen molar-refractivity contribution in [3.63, 3.8) is 0 Å². The van der Waals surface area contributed by atoms with E-state index >= 15 is 0 Å². The zero-order chi connectivity index (χ0) is 23.1. The van der Waals surface area contributed by atoms with Gasteiger partial charge in [0.2, 0.25) is 5.71 Å². The predicted octanol–water partition coefficient (Wildman–Crippen LogP) is 2.97. The van der Waals surface area contributed by atoms with Gasteiger partial charge in [0.1, 0.15) is 23.1 Å². The van der Waals surface area contributed by atoms with Crippen molar-refractivity contribution >= 4 is 17.4 Å². The molecule has 0 aliphatic carbocycles. The molecule has 0 saturated carbocycles. The van der Waals surface area contributed by atoms with Crippen LogP contribution in [0, 0.1) is 11.3 Å². The molecule has 164 valence electrons. The van der Waals surface area contributed by atoms with E-state index in [2.05, 4.69) is 40.2 Å². The fraction of sp³-hybridized carbons (Fsp3) is 0.208. The fourth-order valence-corrected chi connectivity index (χ4v) is 3.51. The minimum atomic E-state index is -0.866. The molecular formula is C24H25N5O3. The third kappa shape index (κ3) is 4.39. The van der Waals surface area contributed by atoms with Crippen molar-refractivity contribution in [2.45, 2.75) is 12.1 Å². The van der Waals surface area contributed by atoms with Gasteiger partial charge >= 0.3 is 0 Å². The van der Waals surface area contributed by atoms with Crippen LogP contribution >= 0.6 is 0 Å². The average molecular weight is 431 g/mol. The van der Waals surface area contributed by atoms with Gasteiger partial charge in [0.15, 0.2) is 6.29 Å². The summed E-state index contributed by atoms with van der Waals surface area (Å²) in [6.07, 6.45) is 3.81. The number of carbonyl (C=O) groups excluding carboxylic acids is 1. The molecule has 8 nitrogen and oxygen atoms in total. The molecule has 0 spiro atoms. The van der Waals surface area contributed by atoms with Gasteiger partial charge in [-0.15, -0.1) is 0 Å². The summed E-state index contributed by atoms with van der Waals surface area (Å²) in [4.78, 5) is 15.7. The molecule has 1 aromatic carbocycles. The van der Waals surface area contributed by atoms with Crippen LogP contribution in [-0.2, 0) is 12.1 Å². The Balaban J connectivity index is 1.93. The first-order valence-electron chi connectivity index (χ1n) is 9.90. The van der Waals surface area contributed by atoms with E-state index in [4.69, 9.17) is 14.4 Å². The lowest BCUT2D eigenvalue weighted by molar-refractivity contribution is 0.112. The van der Waals surface area contributed by atoms with E-state index in [0.29, 0.717) is 52.5 Å². The number of ether oxygens (including phenoxy) is 1. The number of nitrogens with one attached hydrogen (secondary N) is 3. The van der Waals surface area contributed by atoms with Crippen molar-refractivity contribution in [3.8, 4) is 11.8 Å². The minimum absolute atomic E-state index is 0.373. The van der Waals surface area contributed by atoms with Crippen molar-refractivity contribution in [1.29, 1.82) is 5.26 Å². The molecule has 3 aromatic rings. The van der Waals surface area contributed by atoms with Crippen LogP contribution in [0.5, 0.6) is 5.75 Å². The van der Waals surface area contributed by atoms with Crippen LogP contribution < -0.4 is 20.7 Å². The molecule has 2 aromatic heterocycles. The molecule has 0 saturated heterocycles. The number of fused-ring (bicyclic) bond motifs is 1. The molecule has 0 amide bonds. The Kier molecular flexibility index (Phi) is 7.05. The summed E-state index contributed by atoms with van der Waals surface area (Å²) in [5, 5.41) is 19.6. The van der Waals surface area contributed by atoms with Crippen LogP contribution in [-0.4, -0.2) is 32.0 Å². The van der Waals surface area contributed by atoms with Crippen LogP contribution in [0.15, 0.2) is 66.0 Å².